The molecule has 126 valence electrons. The van der Waals surface area contributed by atoms with Gasteiger partial charge in [-0.25, -0.2) is 4.90 Å². The van der Waals surface area contributed by atoms with E-state index >= 15 is 0 Å². The zero-order valence-electron chi connectivity index (χ0n) is 14.1. The topological polar surface area (TPSA) is 51.5 Å². The Kier molecular flexibility index (Phi) is 3.57. The lowest BCUT2D eigenvalue weighted by atomic mass is 9.97. The number of benzene rings is 2. The Morgan fingerprint density at radius 1 is 1.08 bits per heavy atom. The second-order valence-electron chi connectivity index (χ2n) is 6.24. The van der Waals surface area contributed by atoms with Gasteiger partial charge in [0.15, 0.2) is 0 Å². The molecule has 2 heterocycles. The highest BCUT2D eigenvalue weighted by Crippen LogP contribution is 2.37. The van der Waals surface area contributed by atoms with Crippen molar-refractivity contribution in [2.24, 2.45) is 7.05 Å². The molecule has 5 nitrogen and oxygen atoms in total. The first kappa shape index (κ1) is 15.4. The van der Waals surface area contributed by atoms with Gasteiger partial charge in [0.25, 0.3) is 0 Å². The largest absolute Gasteiger partial charge is 0.497 e. The van der Waals surface area contributed by atoms with Crippen molar-refractivity contribution < 1.29 is 14.3 Å². The highest BCUT2D eigenvalue weighted by atomic mass is 16.5. The third-order valence-electron chi connectivity index (χ3n) is 4.76. The van der Waals surface area contributed by atoms with Crippen LogP contribution in [0.1, 0.15) is 17.9 Å². The van der Waals surface area contributed by atoms with Gasteiger partial charge >= 0.3 is 0 Å². The minimum absolute atomic E-state index is 0.184. The van der Waals surface area contributed by atoms with E-state index in [0.717, 1.165) is 16.5 Å². The van der Waals surface area contributed by atoms with Gasteiger partial charge in [-0.1, -0.05) is 24.3 Å². The molecular weight excluding hydrogens is 316 g/mol. The molecule has 0 N–H and O–H groups in total. The van der Waals surface area contributed by atoms with Gasteiger partial charge in [-0.05, 0) is 23.8 Å². The summed E-state index contributed by atoms with van der Waals surface area (Å²) < 4.78 is 7.20. The molecule has 1 aliphatic heterocycles. The van der Waals surface area contributed by atoms with Gasteiger partial charge in [-0.15, -0.1) is 0 Å². The number of amides is 2. The Balaban J connectivity index is 1.76. The molecule has 2 aromatic carbocycles. The van der Waals surface area contributed by atoms with Gasteiger partial charge in [0.1, 0.15) is 5.75 Å². The Labute approximate surface area is 145 Å². The van der Waals surface area contributed by atoms with E-state index in [9.17, 15) is 9.59 Å². The predicted molar refractivity (Wildman–Crippen MR) is 95.8 cm³/mol. The number of hydrogen-bond donors (Lipinski definition) is 0. The number of ether oxygens (including phenoxy) is 1. The molecule has 1 fully saturated rings. The molecule has 1 aromatic heterocycles. The summed E-state index contributed by atoms with van der Waals surface area (Å²) in [4.78, 5) is 26.9. The summed E-state index contributed by atoms with van der Waals surface area (Å²) in [5, 5.41) is 1.02. The monoisotopic (exact) mass is 334 g/mol. The number of aromatic nitrogens is 1. The molecule has 0 aliphatic carbocycles. The van der Waals surface area contributed by atoms with E-state index in [4.69, 9.17) is 4.74 Å². The summed E-state index contributed by atoms with van der Waals surface area (Å²) in [7, 11) is 3.51. The lowest BCUT2D eigenvalue weighted by molar-refractivity contribution is -0.121. The molecule has 1 aliphatic rings. The van der Waals surface area contributed by atoms with Crippen molar-refractivity contribution in [3.8, 4) is 5.75 Å². The van der Waals surface area contributed by atoms with E-state index in [1.165, 1.54) is 4.90 Å². The van der Waals surface area contributed by atoms with Crippen LogP contribution in [0, 0.1) is 0 Å². The number of carbonyl (C=O) groups is 2. The average molecular weight is 334 g/mol. The number of rotatable bonds is 3. The molecule has 25 heavy (non-hydrogen) atoms. The van der Waals surface area contributed by atoms with Crippen molar-refractivity contribution in [3.63, 3.8) is 0 Å². The van der Waals surface area contributed by atoms with Gasteiger partial charge in [0.05, 0.1) is 18.7 Å². The standard InChI is InChI=1S/C20H18N2O3/c1-21-12-17(15-8-3-4-9-18(15)21)16-11-19(23)22(20(16)24)13-6-5-7-14(10-13)25-2/h3-10,12,16H,11H2,1-2H3. The molecule has 3 aromatic rings. The number of fused-ring (bicyclic) bond motifs is 1. The van der Waals surface area contributed by atoms with Crippen LogP contribution in [0.2, 0.25) is 0 Å². The van der Waals surface area contributed by atoms with E-state index < -0.39 is 5.92 Å². The molecule has 0 saturated carbocycles. The summed E-state index contributed by atoms with van der Waals surface area (Å²) in [5.41, 5.74) is 2.51. The van der Waals surface area contributed by atoms with Gasteiger partial charge in [-0.3, -0.25) is 9.59 Å². The van der Waals surface area contributed by atoms with E-state index in [1.807, 2.05) is 42.1 Å². The van der Waals surface area contributed by atoms with Crippen molar-refractivity contribution in [1.29, 1.82) is 0 Å². The van der Waals surface area contributed by atoms with Crippen LogP contribution in [0.25, 0.3) is 10.9 Å². The van der Waals surface area contributed by atoms with Crippen LogP contribution >= 0.6 is 0 Å². The van der Waals surface area contributed by atoms with Crippen molar-refractivity contribution in [2.45, 2.75) is 12.3 Å². The third kappa shape index (κ3) is 2.39. The van der Waals surface area contributed by atoms with Crippen LogP contribution in [0.15, 0.2) is 54.7 Å². The number of anilines is 1. The van der Waals surface area contributed by atoms with Gasteiger partial charge in [-0.2, -0.15) is 0 Å². The number of para-hydroxylation sites is 1. The number of imide groups is 1. The van der Waals surface area contributed by atoms with Crippen LogP contribution in [0.4, 0.5) is 5.69 Å². The smallest absolute Gasteiger partial charge is 0.241 e. The molecule has 0 bridgehead atoms. The molecule has 1 saturated heterocycles. The van der Waals surface area contributed by atoms with Gasteiger partial charge in [0.2, 0.25) is 11.8 Å². The lowest BCUT2D eigenvalue weighted by Gasteiger charge is -2.15. The zero-order valence-corrected chi connectivity index (χ0v) is 14.1. The molecule has 0 spiro atoms. The molecule has 1 unspecified atom stereocenters. The fourth-order valence-corrected chi connectivity index (χ4v) is 3.55. The Morgan fingerprint density at radius 3 is 2.68 bits per heavy atom. The molecule has 4 rings (SSSR count). The maximum absolute atomic E-state index is 13.0. The molecule has 0 radical (unpaired) electrons. The van der Waals surface area contributed by atoms with Crippen LogP contribution in [-0.4, -0.2) is 23.5 Å². The van der Waals surface area contributed by atoms with Gasteiger partial charge in [0, 0.05) is 36.6 Å². The van der Waals surface area contributed by atoms with Crippen LogP contribution in [0.5, 0.6) is 5.75 Å². The normalized spacial score (nSPS) is 17.5. The SMILES string of the molecule is COc1cccc(N2C(=O)CC(c3cn(C)c4ccccc34)C2=O)c1. The summed E-state index contributed by atoms with van der Waals surface area (Å²) in [5.74, 6) is -0.206. The maximum Gasteiger partial charge on any atom is 0.241 e. The Bertz CT molecular complexity index is 990. The highest BCUT2D eigenvalue weighted by Gasteiger charge is 2.41. The van der Waals surface area contributed by atoms with Crippen LogP contribution in [0.3, 0.4) is 0 Å². The fourth-order valence-electron chi connectivity index (χ4n) is 3.55. The third-order valence-corrected chi connectivity index (χ3v) is 4.76. The summed E-state index contributed by atoms with van der Waals surface area (Å²) in [6.45, 7) is 0. The minimum atomic E-state index is -0.454. The van der Waals surface area contributed by atoms with Crippen molar-refractivity contribution in [1.82, 2.24) is 4.57 Å². The second kappa shape index (κ2) is 5.77. The second-order valence-corrected chi connectivity index (χ2v) is 6.24. The quantitative estimate of drug-likeness (QED) is 0.691. The lowest BCUT2D eigenvalue weighted by Crippen LogP contribution is -2.29. The van der Waals surface area contributed by atoms with E-state index in [2.05, 4.69) is 0 Å². The van der Waals surface area contributed by atoms with Crippen LogP contribution in [-0.2, 0) is 16.6 Å². The summed E-state index contributed by atoms with van der Waals surface area (Å²) in [6, 6.07) is 15.0. The first-order chi connectivity index (χ1) is 12.1. The minimum Gasteiger partial charge on any atom is -0.497 e. The van der Waals surface area contributed by atoms with Crippen molar-refractivity contribution >= 4 is 28.4 Å². The summed E-state index contributed by atoms with van der Waals surface area (Å²) in [6.07, 6.45) is 2.14. The first-order valence-electron chi connectivity index (χ1n) is 8.15. The molecule has 2 amide bonds. The molecular formula is C20H18N2O3. The van der Waals surface area contributed by atoms with Gasteiger partial charge < -0.3 is 9.30 Å². The number of carbonyl (C=O) groups excluding carboxylic acids is 2. The zero-order chi connectivity index (χ0) is 17.6. The molecule has 1 atom stereocenters. The predicted octanol–water partition coefficient (Wildman–Crippen LogP) is 3.23. The van der Waals surface area contributed by atoms with Crippen molar-refractivity contribution in [2.75, 3.05) is 12.0 Å². The van der Waals surface area contributed by atoms with Crippen molar-refractivity contribution in [3.05, 3.63) is 60.3 Å². The number of hydrogen-bond acceptors (Lipinski definition) is 3. The molecule has 5 heteroatoms. The number of methoxy groups -OCH3 is 1. The Morgan fingerprint density at radius 2 is 1.88 bits per heavy atom. The van der Waals surface area contributed by atoms with E-state index in [-0.39, 0.29) is 18.2 Å². The fraction of sp³-hybridized carbons (Fsp3) is 0.200. The Hall–Kier alpha value is -3.08. The average Bonchev–Trinajstić information content (AvgIpc) is 3.12. The maximum atomic E-state index is 13.0. The van der Waals surface area contributed by atoms with E-state index in [1.54, 1.807) is 31.4 Å². The number of nitrogens with zero attached hydrogens (tertiary/aromatic N) is 2. The summed E-state index contributed by atoms with van der Waals surface area (Å²) >= 11 is 0. The highest BCUT2D eigenvalue weighted by molar-refractivity contribution is 6.23. The van der Waals surface area contributed by atoms with E-state index in [0.29, 0.717) is 11.4 Å². The van der Waals surface area contributed by atoms with Crippen LogP contribution < -0.4 is 9.64 Å². The first-order valence-corrected chi connectivity index (χ1v) is 8.15. The number of aryl methyl sites for hydroxylation is 1.